The van der Waals surface area contributed by atoms with Crippen molar-refractivity contribution in [3.05, 3.63) is 18.2 Å². The van der Waals surface area contributed by atoms with E-state index in [9.17, 15) is 13.2 Å². The van der Waals surface area contributed by atoms with Gasteiger partial charge in [0.15, 0.2) is 0 Å². The number of rotatable bonds is 4. The molecule has 0 unspecified atom stereocenters. The first-order valence-corrected chi connectivity index (χ1v) is 4.66. The van der Waals surface area contributed by atoms with Gasteiger partial charge in [-0.05, 0) is 18.6 Å². The monoisotopic (exact) mass is 235 g/mol. The van der Waals surface area contributed by atoms with Crippen molar-refractivity contribution in [2.45, 2.75) is 19.0 Å². The maximum absolute atomic E-state index is 11.8. The predicted octanol–water partition coefficient (Wildman–Crippen LogP) is 2.70. The molecule has 0 atom stereocenters. The molecule has 1 rings (SSSR count). The second kappa shape index (κ2) is 4.96. The molecule has 0 radical (unpaired) electrons. The van der Waals surface area contributed by atoms with Gasteiger partial charge in [-0.3, -0.25) is 0 Å². The van der Waals surface area contributed by atoms with Crippen molar-refractivity contribution in [1.29, 1.82) is 0 Å². The van der Waals surface area contributed by atoms with Crippen LogP contribution in [0.15, 0.2) is 18.2 Å². The Balaban J connectivity index is 2.40. The van der Waals surface area contributed by atoms with Crippen molar-refractivity contribution in [1.82, 2.24) is 0 Å². The van der Waals surface area contributed by atoms with Crippen molar-refractivity contribution in [3.63, 3.8) is 0 Å². The smallest absolute Gasteiger partial charge is 0.389 e. The van der Waals surface area contributed by atoms with Crippen LogP contribution >= 0.6 is 0 Å². The van der Waals surface area contributed by atoms with Gasteiger partial charge in [0.05, 0.1) is 12.3 Å². The molecule has 0 aliphatic rings. The Bertz CT molecular complexity index is 352. The molecule has 0 bridgehead atoms. The highest BCUT2D eigenvalue weighted by atomic mass is 19.4. The molecule has 0 heterocycles. The maximum atomic E-state index is 11.8. The van der Waals surface area contributed by atoms with Crippen LogP contribution in [0.25, 0.3) is 0 Å². The lowest BCUT2D eigenvalue weighted by Gasteiger charge is -2.10. The topological polar surface area (TPSA) is 55.5 Å². The van der Waals surface area contributed by atoms with Crippen molar-refractivity contribution in [2.75, 3.05) is 12.3 Å². The molecule has 1 aromatic carbocycles. The van der Waals surface area contributed by atoms with Gasteiger partial charge in [-0.15, -0.1) is 0 Å². The van der Waals surface area contributed by atoms with E-state index in [1.165, 1.54) is 18.2 Å². The van der Waals surface area contributed by atoms with Gasteiger partial charge in [-0.2, -0.15) is 13.2 Å². The summed E-state index contributed by atoms with van der Waals surface area (Å²) >= 11 is 0. The first-order valence-electron chi connectivity index (χ1n) is 4.66. The van der Waals surface area contributed by atoms with Crippen LogP contribution in [0.5, 0.6) is 11.5 Å². The number of halogens is 3. The Hall–Kier alpha value is -1.59. The summed E-state index contributed by atoms with van der Waals surface area (Å²) in [4.78, 5) is 0. The highest BCUT2D eigenvalue weighted by molar-refractivity contribution is 5.55. The van der Waals surface area contributed by atoms with Crippen LogP contribution in [0.2, 0.25) is 0 Å². The Kier molecular flexibility index (Phi) is 3.87. The standard InChI is InChI=1S/C10H12F3NO2/c11-10(12,13)4-1-5-16-9-6-7(15)2-3-8(9)14/h2-3,6,15H,1,4-5,14H2. The number of nitrogen functional groups attached to an aromatic ring is 1. The Morgan fingerprint density at radius 2 is 2.00 bits per heavy atom. The highest BCUT2D eigenvalue weighted by Crippen LogP contribution is 2.27. The van der Waals surface area contributed by atoms with E-state index in [4.69, 9.17) is 15.6 Å². The normalized spacial score (nSPS) is 11.4. The number of phenols is 1. The van der Waals surface area contributed by atoms with Gasteiger partial charge < -0.3 is 15.6 Å². The minimum atomic E-state index is -4.17. The molecule has 0 fully saturated rings. The predicted molar refractivity (Wildman–Crippen MR) is 53.3 cm³/mol. The summed E-state index contributed by atoms with van der Waals surface area (Å²) in [5.41, 5.74) is 5.78. The van der Waals surface area contributed by atoms with E-state index in [2.05, 4.69) is 0 Å². The van der Waals surface area contributed by atoms with E-state index in [1.807, 2.05) is 0 Å². The van der Waals surface area contributed by atoms with Gasteiger partial charge in [0.25, 0.3) is 0 Å². The summed E-state index contributed by atoms with van der Waals surface area (Å²) in [5.74, 6) is 0.155. The van der Waals surface area contributed by atoms with Crippen LogP contribution < -0.4 is 10.5 Å². The van der Waals surface area contributed by atoms with Crippen molar-refractivity contribution >= 4 is 5.69 Å². The average molecular weight is 235 g/mol. The lowest BCUT2D eigenvalue weighted by molar-refractivity contribution is -0.136. The molecule has 0 aromatic heterocycles. The summed E-state index contributed by atoms with van der Waals surface area (Å²) in [5, 5.41) is 9.11. The lowest BCUT2D eigenvalue weighted by Crippen LogP contribution is -2.10. The number of ether oxygens (including phenoxy) is 1. The third-order valence-electron chi connectivity index (χ3n) is 1.86. The van der Waals surface area contributed by atoms with Gasteiger partial charge in [-0.25, -0.2) is 0 Å². The number of alkyl halides is 3. The molecular weight excluding hydrogens is 223 g/mol. The molecule has 0 amide bonds. The van der Waals surface area contributed by atoms with Gasteiger partial charge >= 0.3 is 6.18 Å². The van der Waals surface area contributed by atoms with Crippen molar-refractivity contribution < 1.29 is 23.0 Å². The van der Waals surface area contributed by atoms with Crippen LogP contribution in [-0.4, -0.2) is 17.9 Å². The lowest BCUT2D eigenvalue weighted by atomic mass is 10.3. The molecule has 1 aromatic rings. The number of aromatic hydroxyl groups is 1. The van der Waals surface area contributed by atoms with E-state index in [1.54, 1.807) is 0 Å². The zero-order valence-electron chi connectivity index (χ0n) is 8.42. The molecule has 0 saturated carbocycles. The van der Waals surface area contributed by atoms with Crippen molar-refractivity contribution in [3.8, 4) is 11.5 Å². The Morgan fingerprint density at radius 1 is 1.31 bits per heavy atom. The Labute approximate surface area is 90.6 Å². The summed E-state index contributed by atoms with van der Waals surface area (Å²) in [7, 11) is 0. The molecule has 3 nitrogen and oxygen atoms in total. The molecule has 3 N–H and O–H groups in total. The maximum Gasteiger partial charge on any atom is 0.389 e. The summed E-state index contributed by atoms with van der Waals surface area (Å²) in [6.07, 6.45) is -5.21. The third kappa shape index (κ3) is 4.29. The molecule has 16 heavy (non-hydrogen) atoms. The largest absolute Gasteiger partial charge is 0.508 e. The molecule has 6 heteroatoms. The van der Waals surface area contributed by atoms with Gasteiger partial charge in [0, 0.05) is 12.5 Å². The first-order chi connectivity index (χ1) is 7.38. The minimum absolute atomic E-state index is 0.0416. The van der Waals surface area contributed by atoms with E-state index in [0.717, 1.165) is 0 Å². The fourth-order valence-corrected chi connectivity index (χ4v) is 1.10. The number of phenolic OH excluding ortho intramolecular Hbond substituents is 1. The molecule has 0 aliphatic heterocycles. The molecule has 90 valence electrons. The van der Waals surface area contributed by atoms with E-state index >= 15 is 0 Å². The quantitative estimate of drug-likeness (QED) is 0.479. The van der Waals surface area contributed by atoms with Crippen LogP contribution in [0.1, 0.15) is 12.8 Å². The number of hydrogen-bond acceptors (Lipinski definition) is 3. The van der Waals surface area contributed by atoms with Gasteiger partial charge in [0.2, 0.25) is 0 Å². The third-order valence-corrected chi connectivity index (χ3v) is 1.86. The van der Waals surface area contributed by atoms with E-state index in [-0.39, 0.29) is 30.2 Å². The van der Waals surface area contributed by atoms with E-state index < -0.39 is 12.6 Å². The molecular formula is C10H12F3NO2. The van der Waals surface area contributed by atoms with E-state index in [0.29, 0.717) is 0 Å². The zero-order valence-corrected chi connectivity index (χ0v) is 8.42. The molecule has 0 aliphatic carbocycles. The van der Waals surface area contributed by atoms with Crippen LogP contribution in [0, 0.1) is 0 Å². The second-order valence-electron chi connectivity index (χ2n) is 3.29. The van der Waals surface area contributed by atoms with Crippen LogP contribution in [0.4, 0.5) is 18.9 Å². The summed E-state index contributed by atoms with van der Waals surface area (Å²) in [6.45, 7) is -0.0901. The van der Waals surface area contributed by atoms with Crippen LogP contribution in [0.3, 0.4) is 0 Å². The number of nitrogens with two attached hydrogens (primary N) is 1. The molecule has 0 saturated heterocycles. The first kappa shape index (κ1) is 12.5. The second-order valence-corrected chi connectivity index (χ2v) is 3.29. The minimum Gasteiger partial charge on any atom is -0.508 e. The fraction of sp³-hybridized carbons (Fsp3) is 0.400. The number of hydrogen-bond donors (Lipinski definition) is 2. The fourth-order valence-electron chi connectivity index (χ4n) is 1.10. The highest BCUT2D eigenvalue weighted by Gasteiger charge is 2.26. The van der Waals surface area contributed by atoms with Crippen molar-refractivity contribution in [2.24, 2.45) is 0 Å². The number of anilines is 1. The molecule has 0 spiro atoms. The summed E-state index contributed by atoms with van der Waals surface area (Å²) < 4.78 is 40.4. The van der Waals surface area contributed by atoms with Crippen LogP contribution in [-0.2, 0) is 0 Å². The average Bonchev–Trinajstić information content (AvgIpc) is 2.16. The SMILES string of the molecule is Nc1ccc(O)cc1OCCCC(F)(F)F. The Morgan fingerprint density at radius 3 is 2.62 bits per heavy atom. The zero-order chi connectivity index (χ0) is 12.2. The summed E-state index contributed by atoms with van der Waals surface area (Å²) in [6, 6.07) is 4.06. The number of benzene rings is 1. The van der Waals surface area contributed by atoms with Gasteiger partial charge in [-0.1, -0.05) is 0 Å². The van der Waals surface area contributed by atoms with Gasteiger partial charge in [0.1, 0.15) is 11.5 Å².